The summed E-state index contributed by atoms with van der Waals surface area (Å²) in [7, 11) is -3.83. The Morgan fingerprint density at radius 1 is 1.21 bits per heavy atom. The van der Waals surface area contributed by atoms with E-state index in [-0.39, 0.29) is 10.5 Å². The molecule has 0 amide bonds. The minimum atomic E-state index is -3.83. The van der Waals surface area contributed by atoms with E-state index in [1.807, 2.05) is 6.92 Å². The predicted octanol–water partition coefficient (Wildman–Crippen LogP) is 3.38. The van der Waals surface area contributed by atoms with Crippen LogP contribution in [0.5, 0.6) is 0 Å². The van der Waals surface area contributed by atoms with Gasteiger partial charge in [-0.15, -0.1) is 0 Å². The molecular weight excluding hydrogens is 352 g/mol. The van der Waals surface area contributed by atoms with Crippen LogP contribution in [0.3, 0.4) is 0 Å². The SMILES string of the molecule is CCn1c(=O)oc2cc(S(=O)(=O)Nc3cc(Cl)ccc3C)ccc21. The van der Waals surface area contributed by atoms with E-state index < -0.39 is 15.8 Å². The average molecular weight is 367 g/mol. The van der Waals surface area contributed by atoms with E-state index in [4.69, 9.17) is 16.0 Å². The van der Waals surface area contributed by atoms with Crippen LogP contribution in [0.4, 0.5) is 5.69 Å². The number of nitrogens with zero attached hydrogens (tertiary/aromatic N) is 1. The van der Waals surface area contributed by atoms with Gasteiger partial charge in [0, 0.05) is 17.6 Å². The van der Waals surface area contributed by atoms with Crippen molar-refractivity contribution in [3.8, 4) is 0 Å². The number of hydrogen-bond donors (Lipinski definition) is 1. The molecule has 0 saturated heterocycles. The molecule has 0 unspecified atom stereocenters. The summed E-state index contributed by atoms with van der Waals surface area (Å²) in [6.45, 7) is 4.03. The second-order valence-corrected chi connectivity index (χ2v) is 7.43. The highest BCUT2D eigenvalue weighted by Gasteiger charge is 2.18. The van der Waals surface area contributed by atoms with Gasteiger partial charge in [0.05, 0.1) is 16.1 Å². The van der Waals surface area contributed by atoms with Crippen molar-refractivity contribution >= 4 is 38.4 Å². The third-order valence-corrected chi connectivity index (χ3v) is 5.31. The molecule has 1 aromatic heterocycles. The molecule has 3 rings (SSSR count). The Kier molecular flexibility index (Phi) is 4.15. The number of aryl methyl sites for hydroxylation is 2. The molecule has 1 N–H and O–H groups in total. The molecule has 6 nitrogen and oxygen atoms in total. The van der Waals surface area contributed by atoms with Gasteiger partial charge in [0.15, 0.2) is 5.58 Å². The summed E-state index contributed by atoms with van der Waals surface area (Å²) in [5, 5.41) is 0.430. The first-order valence-corrected chi connectivity index (χ1v) is 9.10. The lowest BCUT2D eigenvalue weighted by atomic mass is 10.2. The molecule has 2 aromatic carbocycles. The quantitative estimate of drug-likeness (QED) is 0.767. The molecule has 126 valence electrons. The Morgan fingerprint density at radius 2 is 1.96 bits per heavy atom. The van der Waals surface area contributed by atoms with Crippen molar-refractivity contribution in [2.75, 3.05) is 4.72 Å². The fraction of sp³-hybridized carbons (Fsp3) is 0.188. The standard InChI is InChI=1S/C16H15ClN2O4S/c1-3-19-14-7-6-12(9-15(14)23-16(19)20)24(21,22)18-13-8-11(17)5-4-10(13)2/h4-9,18H,3H2,1-2H3. The zero-order valence-electron chi connectivity index (χ0n) is 13.0. The Balaban J connectivity index is 2.05. The Morgan fingerprint density at radius 3 is 2.67 bits per heavy atom. The molecule has 0 radical (unpaired) electrons. The third kappa shape index (κ3) is 2.92. The number of oxazole rings is 1. The second kappa shape index (κ2) is 5.99. The lowest BCUT2D eigenvalue weighted by molar-refractivity contribution is 0.512. The highest BCUT2D eigenvalue weighted by molar-refractivity contribution is 7.92. The summed E-state index contributed by atoms with van der Waals surface area (Å²) in [6, 6.07) is 9.28. The van der Waals surface area contributed by atoms with Crippen LogP contribution in [-0.4, -0.2) is 13.0 Å². The van der Waals surface area contributed by atoms with E-state index in [1.54, 1.807) is 31.2 Å². The fourth-order valence-electron chi connectivity index (χ4n) is 2.42. The molecule has 1 heterocycles. The highest BCUT2D eigenvalue weighted by atomic mass is 35.5. The Labute approximate surface area is 143 Å². The summed E-state index contributed by atoms with van der Waals surface area (Å²) in [6.07, 6.45) is 0. The van der Waals surface area contributed by atoms with Gasteiger partial charge in [0.2, 0.25) is 0 Å². The number of fused-ring (bicyclic) bond motifs is 1. The van der Waals surface area contributed by atoms with Crippen LogP contribution in [0.1, 0.15) is 12.5 Å². The average Bonchev–Trinajstić information content (AvgIpc) is 2.84. The van der Waals surface area contributed by atoms with Crippen LogP contribution in [0.15, 0.2) is 50.5 Å². The van der Waals surface area contributed by atoms with Crippen LogP contribution in [0.25, 0.3) is 11.1 Å². The number of sulfonamides is 1. The van der Waals surface area contributed by atoms with Crippen molar-refractivity contribution in [1.82, 2.24) is 4.57 Å². The molecule has 0 aliphatic heterocycles. The number of anilines is 1. The highest BCUT2D eigenvalue weighted by Crippen LogP contribution is 2.25. The van der Waals surface area contributed by atoms with Crippen molar-refractivity contribution in [3.63, 3.8) is 0 Å². The van der Waals surface area contributed by atoms with E-state index in [9.17, 15) is 13.2 Å². The molecule has 24 heavy (non-hydrogen) atoms. The maximum atomic E-state index is 12.6. The van der Waals surface area contributed by atoms with Crippen LogP contribution in [-0.2, 0) is 16.6 Å². The number of halogens is 1. The van der Waals surface area contributed by atoms with Crippen molar-refractivity contribution in [3.05, 3.63) is 57.5 Å². The molecule has 0 aliphatic rings. The summed E-state index contributed by atoms with van der Waals surface area (Å²) < 4.78 is 34.2. The first kappa shape index (κ1) is 16.6. The van der Waals surface area contributed by atoms with Crippen LogP contribution in [0.2, 0.25) is 5.02 Å². The zero-order chi connectivity index (χ0) is 17.5. The first-order valence-electron chi connectivity index (χ1n) is 7.24. The molecular formula is C16H15ClN2O4S. The van der Waals surface area contributed by atoms with E-state index >= 15 is 0 Å². The van der Waals surface area contributed by atoms with Gasteiger partial charge >= 0.3 is 5.76 Å². The number of aromatic nitrogens is 1. The minimum absolute atomic E-state index is 0.00591. The molecule has 8 heteroatoms. The van der Waals surface area contributed by atoms with Gasteiger partial charge in [0.25, 0.3) is 10.0 Å². The van der Waals surface area contributed by atoms with Gasteiger partial charge in [-0.05, 0) is 43.7 Å². The molecule has 0 atom stereocenters. The van der Waals surface area contributed by atoms with E-state index in [1.165, 1.54) is 16.7 Å². The third-order valence-electron chi connectivity index (χ3n) is 3.71. The molecule has 0 spiro atoms. The van der Waals surface area contributed by atoms with Crippen LogP contribution >= 0.6 is 11.6 Å². The number of benzene rings is 2. The summed E-state index contributed by atoms with van der Waals surface area (Å²) in [5.41, 5.74) is 1.93. The van der Waals surface area contributed by atoms with Crippen LogP contribution < -0.4 is 10.5 Å². The Bertz CT molecular complexity index is 1080. The number of hydrogen-bond acceptors (Lipinski definition) is 4. The molecule has 0 aliphatic carbocycles. The van der Waals surface area contributed by atoms with Gasteiger partial charge < -0.3 is 4.42 Å². The Hall–Kier alpha value is -2.25. The smallest absolute Gasteiger partial charge is 0.408 e. The maximum absolute atomic E-state index is 12.6. The van der Waals surface area contributed by atoms with E-state index in [0.717, 1.165) is 5.56 Å². The van der Waals surface area contributed by atoms with Gasteiger partial charge in [0.1, 0.15) is 0 Å². The lowest BCUT2D eigenvalue weighted by Gasteiger charge is -2.11. The molecule has 0 saturated carbocycles. The van der Waals surface area contributed by atoms with Gasteiger partial charge in [-0.1, -0.05) is 17.7 Å². The van der Waals surface area contributed by atoms with Gasteiger partial charge in [-0.2, -0.15) is 0 Å². The molecule has 0 bridgehead atoms. The first-order chi connectivity index (χ1) is 11.3. The van der Waals surface area contributed by atoms with Crippen LogP contribution in [0, 0.1) is 6.92 Å². The molecule has 0 fully saturated rings. The number of nitrogens with one attached hydrogen (secondary N) is 1. The molecule has 3 aromatic rings. The summed E-state index contributed by atoms with van der Waals surface area (Å²) in [5.74, 6) is -0.513. The predicted molar refractivity (Wildman–Crippen MR) is 93.1 cm³/mol. The van der Waals surface area contributed by atoms with Gasteiger partial charge in [-0.25, -0.2) is 13.2 Å². The monoisotopic (exact) mass is 366 g/mol. The number of rotatable bonds is 4. The largest absolute Gasteiger partial charge is 0.419 e. The zero-order valence-corrected chi connectivity index (χ0v) is 14.6. The van der Waals surface area contributed by atoms with Crippen molar-refractivity contribution in [1.29, 1.82) is 0 Å². The fourth-order valence-corrected chi connectivity index (χ4v) is 3.73. The minimum Gasteiger partial charge on any atom is -0.408 e. The summed E-state index contributed by atoms with van der Waals surface area (Å²) >= 11 is 5.92. The van der Waals surface area contributed by atoms with E-state index in [0.29, 0.717) is 22.8 Å². The normalized spacial score (nSPS) is 11.8. The maximum Gasteiger partial charge on any atom is 0.419 e. The van der Waals surface area contributed by atoms with Crippen molar-refractivity contribution < 1.29 is 12.8 Å². The van der Waals surface area contributed by atoms with Gasteiger partial charge in [-0.3, -0.25) is 9.29 Å². The van der Waals surface area contributed by atoms with Crippen molar-refractivity contribution in [2.24, 2.45) is 0 Å². The van der Waals surface area contributed by atoms with Crippen molar-refractivity contribution in [2.45, 2.75) is 25.3 Å². The topological polar surface area (TPSA) is 81.3 Å². The second-order valence-electron chi connectivity index (χ2n) is 5.31. The summed E-state index contributed by atoms with van der Waals surface area (Å²) in [4.78, 5) is 11.7. The van der Waals surface area contributed by atoms with E-state index in [2.05, 4.69) is 4.72 Å². The lowest BCUT2D eigenvalue weighted by Crippen LogP contribution is -2.14.